The molecule has 3 rings (SSSR count). The Labute approximate surface area is 160 Å². The summed E-state index contributed by atoms with van der Waals surface area (Å²) < 4.78 is 5.35. The quantitative estimate of drug-likeness (QED) is 0.760. The van der Waals surface area contributed by atoms with Crippen molar-refractivity contribution in [2.45, 2.75) is 6.54 Å². The van der Waals surface area contributed by atoms with Crippen molar-refractivity contribution >= 4 is 51.7 Å². The first kappa shape index (κ1) is 18.4. The van der Waals surface area contributed by atoms with Gasteiger partial charge in [0.15, 0.2) is 5.13 Å². The predicted molar refractivity (Wildman–Crippen MR) is 101 cm³/mol. The van der Waals surface area contributed by atoms with E-state index in [2.05, 4.69) is 10.3 Å². The summed E-state index contributed by atoms with van der Waals surface area (Å²) >= 11 is 13.4. The number of nitrogens with one attached hydrogen (secondary N) is 2. The molecule has 0 atom stereocenters. The van der Waals surface area contributed by atoms with Crippen molar-refractivity contribution in [2.75, 3.05) is 31.6 Å². The Balaban J connectivity index is 1.55. The van der Waals surface area contributed by atoms with E-state index in [1.54, 1.807) is 24.3 Å². The van der Waals surface area contributed by atoms with Crippen LogP contribution in [0.25, 0.3) is 6.08 Å². The number of benzene rings is 1. The fraction of sp³-hybridized carbons (Fsp3) is 0.294. The van der Waals surface area contributed by atoms with Crippen LogP contribution in [0.1, 0.15) is 11.3 Å². The molecule has 1 amide bonds. The Kier molecular flexibility index (Phi) is 6.45. The second-order valence-electron chi connectivity index (χ2n) is 5.67. The van der Waals surface area contributed by atoms with Crippen molar-refractivity contribution in [1.82, 2.24) is 4.98 Å². The minimum Gasteiger partial charge on any atom is -0.370 e. The highest BCUT2D eigenvalue weighted by atomic mass is 35.5. The molecule has 2 aromatic rings. The molecule has 5 nitrogen and oxygen atoms in total. The maximum atomic E-state index is 12.0. The summed E-state index contributed by atoms with van der Waals surface area (Å²) in [6, 6.07) is 5.13. The van der Waals surface area contributed by atoms with E-state index >= 15 is 0 Å². The van der Waals surface area contributed by atoms with Crippen molar-refractivity contribution in [3.63, 3.8) is 0 Å². The number of thiazole rings is 1. The van der Waals surface area contributed by atoms with Crippen LogP contribution in [-0.2, 0) is 16.1 Å². The van der Waals surface area contributed by atoms with Crippen molar-refractivity contribution < 1.29 is 14.4 Å². The van der Waals surface area contributed by atoms with Crippen LogP contribution in [0.2, 0.25) is 10.0 Å². The Morgan fingerprint density at radius 3 is 2.92 bits per heavy atom. The molecule has 0 aliphatic carbocycles. The molecule has 1 aromatic heterocycles. The van der Waals surface area contributed by atoms with Crippen molar-refractivity contribution in [2.24, 2.45) is 0 Å². The average Bonchev–Trinajstić information content (AvgIpc) is 3.02. The van der Waals surface area contributed by atoms with Crippen LogP contribution in [0.4, 0.5) is 5.13 Å². The van der Waals surface area contributed by atoms with E-state index in [0.717, 1.165) is 44.1 Å². The van der Waals surface area contributed by atoms with Gasteiger partial charge in [-0.3, -0.25) is 10.1 Å². The number of ether oxygens (including phenoxy) is 1. The summed E-state index contributed by atoms with van der Waals surface area (Å²) in [7, 11) is 0. The molecule has 0 bridgehead atoms. The van der Waals surface area contributed by atoms with Crippen LogP contribution in [0.5, 0.6) is 0 Å². The Morgan fingerprint density at radius 2 is 2.16 bits per heavy atom. The zero-order valence-corrected chi connectivity index (χ0v) is 15.8. The lowest BCUT2D eigenvalue weighted by atomic mass is 10.2. The number of morpholine rings is 1. The number of carbonyl (C=O) groups excluding carboxylic acids is 1. The zero-order valence-electron chi connectivity index (χ0n) is 13.4. The number of nitrogens with zero attached hydrogens (tertiary/aromatic N) is 1. The molecule has 0 saturated carbocycles. The molecule has 1 aliphatic rings. The third kappa shape index (κ3) is 5.52. The number of aromatic nitrogens is 1. The van der Waals surface area contributed by atoms with E-state index in [0.29, 0.717) is 15.2 Å². The third-order valence-corrected chi connectivity index (χ3v) is 5.16. The summed E-state index contributed by atoms with van der Waals surface area (Å²) in [4.78, 5) is 18.0. The molecule has 1 aromatic carbocycles. The topological polar surface area (TPSA) is 55.7 Å². The first-order valence-corrected chi connectivity index (χ1v) is 9.53. The smallest absolute Gasteiger partial charge is 0.250 e. The lowest BCUT2D eigenvalue weighted by Gasteiger charge is -2.22. The van der Waals surface area contributed by atoms with Gasteiger partial charge in [0.25, 0.3) is 0 Å². The van der Waals surface area contributed by atoms with Gasteiger partial charge in [0.05, 0.1) is 13.2 Å². The predicted octanol–water partition coefficient (Wildman–Crippen LogP) is 2.52. The standard InChI is InChI=1S/C17H17Cl2N3O2S/c18-13-3-1-12(15(19)9-13)2-4-16(23)21-17-20-14(11-25-17)10-22-5-7-24-8-6-22/h1-4,9,11H,5-8,10H2,(H,20,21,23)/p+1/b4-2+. The number of amides is 1. The average molecular weight is 399 g/mol. The zero-order chi connectivity index (χ0) is 17.6. The molecule has 1 aliphatic heterocycles. The Bertz CT molecular complexity index is 773. The number of quaternary nitrogens is 1. The molecule has 0 radical (unpaired) electrons. The summed E-state index contributed by atoms with van der Waals surface area (Å²) in [5.74, 6) is -0.245. The van der Waals surface area contributed by atoms with Gasteiger partial charge in [-0.25, -0.2) is 4.98 Å². The van der Waals surface area contributed by atoms with E-state index in [4.69, 9.17) is 27.9 Å². The monoisotopic (exact) mass is 398 g/mol. The second-order valence-corrected chi connectivity index (χ2v) is 7.37. The van der Waals surface area contributed by atoms with Crippen LogP contribution >= 0.6 is 34.5 Å². The van der Waals surface area contributed by atoms with Gasteiger partial charge < -0.3 is 9.64 Å². The summed E-state index contributed by atoms with van der Waals surface area (Å²) in [5.41, 5.74) is 1.72. The maximum Gasteiger partial charge on any atom is 0.250 e. The van der Waals surface area contributed by atoms with Gasteiger partial charge in [0.2, 0.25) is 5.91 Å². The largest absolute Gasteiger partial charge is 0.370 e. The first-order chi connectivity index (χ1) is 12.1. The van der Waals surface area contributed by atoms with Crippen LogP contribution in [-0.4, -0.2) is 37.2 Å². The number of hydrogen-bond acceptors (Lipinski definition) is 4. The molecular formula is C17H18Cl2N3O2S+. The van der Waals surface area contributed by atoms with E-state index in [-0.39, 0.29) is 5.91 Å². The number of anilines is 1. The van der Waals surface area contributed by atoms with Gasteiger partial charge in [-0.05, 0) is 23.8 Å². The van der Waals surface area contributed by atoms with Crippen molar-refractivity contribution in [1.29, 1.82) is 0 Å². The summed E-state index contributed by atoms with van der Waals surface area (Å²) in [5, 5.41) is 6.42. The molecular weight excluding hydrogens is 381 g/mol. The molecule has 1 saturated heterocycles. The molecule has 0 unspecified atom stereocenters. The molecule has 1 fully saturated rings. The molecule has 8 heteroatoms. The van der Waals surface area contributed by atoms with Crippen LogP contribution < -0.4 is 10.2 Å². The number of rotatable bonds is 5. The highest BCUT2D eigenvalue weighted by Crippen LogP contribution is 2.22. The minimum absolute atomic E-state index is 0.245. The fourth-order valence-corrected chi connectivity index (χ4v) is 3.67. The number of halogens is 2. The van der Waals surface area contributed by atoms with Crippen LogP contribution in [0.3, 0.4) is 0 Å². The van der Waals surface area contributed by atoms with Crippen molar-refractivity contribution in [3.05, 3.63) is 51.0 Å². The molecule has 25 heavy (non-hydrogen) atoms. The number of carbonyl (C=O) groups is 1. The maximum absolute atomic E-state index is 12.0. The lowest BCUT2D eigenvalue weighted by Crippen LogP contribution is -3.12. The Hall–Kier alpha value is -1.44. The summed E-state index contributed by atoms with van der Waals surface area (Å²) in [6.45, 7) is 4.42. The van der Waals surface area contributed by atoms with Gasteiger partial charge in [-0.15, -0.1) is 11.3 Å². The van der Waals surface area contributed by atoms with E-state index in [1.165, 1.54) is 22.3 Å². The van der Waals surface area contributed by atoms with Gasteiger partial charge in [-0.2, -0.15) is 0 Å². The van der Waals surface area contributed by atoms with Gasteiger partial charge in [0.1, 0.15) is 25.3 Å². The highest BCUT2D eigenvalue weighted by Gasteiger charge is 2.16. The van der Waals surface area contributed by atoms with Gasteiger partial charge in [-0.1, -0.05) is 29.3 Å². The SMILES string of the molecule is O=C(/C=C/c1ccc(Cl)cc1Cl)Nc1nc(C[NH+]2CCOCC2)cs1. The third-order valence-electron chi connectivity index (χ3n) is 3.79. The highest BCUT2D eigenvalue weighted by molar-refractivity contribution is 7.13. The van der Waals surface area contributed by atoms with E-state index in [1.807, 2.05) is 5.38 Å². The molecule has 0 spiro atoms. The normalized spacial score (nSPS) is 15.6. The van der Waals surface area contributed by atoms with Crippen LogP contribution in [0, 0.1) is 0 Å². The molecule has 132 valence electrons. The van der Waals surface area contributed by atoms with Gasteiger partial charge in [0, 0.05) is 21.5 Å². The Morgan fingerprint density at radius 1 is 1.36 bits per heavy atom. The summed E-state index contributed by atoms with van der Waals surface area (Å²) in [6.07, 6.45) is 3.09. The lowest BCUT2D eigenvalue weighted by molar-refractivity contribution is -0.921. The van der Waals surface area contributed by atoms with E-state index in [9.17, 15) is 4.79 Å². The molecule has 2 N–H and O–H groups in total. The molecule has 2 heterocycles. The second kappa shape index (κ2) is 8.78. The van der Waals surface area contributed by atoms with Gasteiger partial charge >= 0.3 is 0 Å². The van der Waals surface area contributed by atoms with Crippen molar-refractivity contribution in [3.8, 4) is 0 Å². The number of hydrogen-bond donors (Lipinski definition) is 2. The first-order valence-electron chi connectivity index (χ1n) is 7.90. The van der Waals surface area contributed by atoms with Crippen LogP contribution in [0.15, 0.2) is 29.7 Å². The fourth-order valence-electron chi connectivity index (χ4n) is 2.49. The minimum atomic E-state index is -0.245. The van der Waals surface area contributed by atoms with E-state index < -0.39 is 0 Å².